The van der Waals surface area contributed by atoms with Crippen LogP contribution in [0.15, 0.2) is 35.3 Å². The first-order valence-corrected chi connectivity index (χ1v) is 13.2. The second-order valence-corrected chi connectivity index (χ2v) is 10.5. The molecule has 3 aromatic rings. The molecule has 0 spiro atoms. The average molecular weight is 585 g/mol. The van der Waals surface area contributed by atoms with Crippen molar-refractivity contribution in [1.29, 1.82) is 0 Å². The number of halogens is 2. The number of aromatic nitrogens is 1. The van der Waals surface area contributed by atoms with Gasteiger partial charge in [-0.3, -0.25) is 14.5 Å². The molecule has 3 aliphatic heterocycles. The van der Waals surface area contributed by atoms with E-state index in [-0.39, 0.29) is 73.0 Å². The number of carboxylic acid groups (broad SMARTS) is 1. The predicted octanol–water partition coefficient (Wildman–Crippen LogP) is 2.66. The fourth-order valence-corrected chi connectivity index (χ4v) is 5.38. The van der Waals surface area contributed by atoms with Gasteiger partial charge < -0.3 is 34.1 Å². The lowest BCUT2D eigenvalue weighted by molar-refractivity contribution is -0.119. The number of ether oxygens (including phenoxy) is 3. The van der Waals surface area contributed by atoms with E-state index in [1.807, 2.05) is 0 Å². The van der Waals surface area contributed by atoms with Crippen molar-refractivity contribution in [2.75, 3.05) is 42.6 Å². The Labute approximate surface area is 237 Å². The van der Waals surface area contributed by atoms with Gasteiger partial charge in [0.1, 0.15) is 30.1 Å². The fraction of sp³-hybridized carbons (Fsp3) is 0.357. The zero-order chi connectivity index (χ0) is 29.9. The molecule has 2 fully saturated rings. The summed E-state index contributed by atoms with van der Waals surface area (Å²) >= 11 is 0. The van der Waals surface area contributed by atoms with Crippen LogP contribution in [-0.2, 0) is 9.53 Å². The van der Waals surface area contributed by atoms with Crippen LogP contribution in [0.1, 0.15) is 30.2 Å². The summed E-state index contributed by atoms with van der Waals surface area (Å²) in [6.45, 7) is 3.96. The minimum atomic E-state index is -1.40. The minimum Gasteiger partial charge on any atom is -0.487 e. The second kappa shape index (κ2) is 10.2. The van der Waals surface area contributed by atoms with Crippen molar-refractivity contribution in [3.05, 3.63) is 57.9 Å². The maximum atomic E-state index is 15.4. The van der Waals surface area contributed by atoms with Crippen LogP contribution in [0.4, 0.5) is 25.0 Å². The largest absolute Gasteiger partial charge is 0.487 e. The number of carbonyl (C=O) groups is 3. The third-order valence-corrected chi connectivity index (χ3v) is 7.51. The van der Waals surface area contributed by atoms with E-state index in [0.717, 1.165) is 12.1 Å². The highest BCUT2D eigenvalue weighted by Gasteiger charge is 2.37. The first kappa shape index (κ1) is 27.3. The molecule has 3 aliphatic rings. The van der Waals surface area contributed by atoms with Crippen LogP contribution in [0.5, 0.6) is 11.5 Å². The number of amides is 2. The Morgan fingerprint density at radius 1 is 1.14 bits per heavy atom. The maximum Gasteiger partial charge on any atom is 0.414 e. The van der Waals surface area contributed by atoms with Crippen LogP contribution in [0, 0.1) is 11.6 Å². The second-order valence-electron chi connectivity index (χ2n) is 10.5. The van der Waals surface area contributed by atoms with Crippen molar-refractivity contribution in [2.45, 2.75) is 32.1 Å². The minimum absolute atomic E-state index is 0.0498. The molecule has 0 saturated carbocycles. The first-order chi connectivity index (χ1) is 20.0. The molecule has 2 atom stereocenters. The summed E-state index contributed by atoms with van der Waals surface area (Å²) < 4.78 is 48.8. The molecule has 2 aromatic carbocycles. The summed E-state index contributed by atoms with van der Waals surface area (Å²) in [5.41, 5.74) is -0.557. The molecule has 14 heteroatoms. The number of hydrogen-bond donors (Lipinski definition) is 2. The maximum absolute atomic E-state index is 15.4. The van der Waals surface area contributed by atoms with Gasteiger partial charge in [0.15, 0.2) is 23.1 Å². The molecule has 6 rings (SSSR count). The lowest BCUT2D eigenvalue weighted by atomic mass is 10.0. The average Bonchev–Trinajstić information content (AvgIpc) is 3.29. The molecule has 4 heterocycles. The molecule has 2 N–H and O–H groups in total. The normalized spacial score (nSPS) is 19.8. The van der Waals surface area contributed by atoms with Gasteiger partial charge in [-0.25, -0.2) is 18.4 Å². The van der Waals surface area contributed by atoms with Crippen molar-refractivity contribution >= 4 is 40.2 Å². The predicted molar refractivity (Wildman–Crippen MR) is 145 cm³/mol. The van der Waals surface area contributed by atoms with Gasteiger partial charge in [-0.15, -0.1) is 0 Å². The molecule has 220 valence electrons. The molecule has 42 heavy (non-hydrogen) atoms. The molecular formula is C28H26F2N4O8. The van der Waals surface area contributed by atoms with Crippen molar-refractivity contribution in [3.63, 3.8) is 0 Å². The Bertz CT molecular complexity index is 1700. The van der Waals surface area contributed by atoms with Gasteiger partial charge in [-0.05, 0) is 25.1 Å². The monoisotopic (exact) mass is 584 g/mol. The number of hydrogen-bond acceptors (Lipinski definition) is 8. The summed E-state index contributed by atoms with van der Waals surface area (Å²) in [5.74, 6) is -3.02. The number of nitrogens with one attached hydrogen (secondary N) is 1. The van der Waals surface area contributed by atoms with E-state index < -0.39 is 46.9 Å². The van der Waals surface area contributed by atoms with Crippen LogP contribution >= 0.6 is 0 Å². The van der Waals surface area contributed by atoms with E-state index in [4.69, 9.17) is 14.2 Å². The highest BCUT2D eigenvalue weighted by molar-refractivity contribution is 5.97. The fourth-order valence-electron chi connectivity index (χ4n) is 5.38. The Balaban J connectivity index is 1.18. The number of carbonyl (C=O) groups excluding carboxylic acids is 2. The standard InChI is InChI=1S/C28H26F2N4O8/c1-13-12-40-26-23-18(25(36)19(27(37)38)11-33(13)23)6-21(30)24(26)32-8-17(9-32)41-22-4-3-15(5-20(22)29)34-10-16(42-28(34)39)7-31-14(2)35/h3-6,11,13,16-17H,7-10,12H2,1-2H3,(H,31,35)(H,37,38). The Morgan fingerprint density at radius 2 is 1.90 bits per heavy atom. The Hall–Kier alpha value is -4.88. The molecule has 2 saturated heterocycles. The van der Waals surface area contributed by atoms with E-state index in [9.17, 15) is 28.7 Å². The topological polar surface area (TPSA) is 140 Å². The third kappa shape index (κ3) is 4.62. The zero-order valence-corrected chi connectivity index (χ0v) is 22.6. The van der Waals surface area contributed by atoms with Gasteiger partial charge in [0.2, 0.25) is 11.3 Å². The zero-order valence-electron chi connectivity index (χ0n) is 22.6. The molecule has 2 amide bonds. The van der Waals surface area contributed by atoms with Crippen LogP contribution in [0.3, 0.4) is 0 Å². The smallest absolute Gasteiger partial charge is 0.414 e. The highest BCUT2D eigenvalue weighted by Crippen LogP contribution is 2.43. The number of aromatic carboxylic acids is 1. The molecule has 0 aliphatic carbocycles. The van der Waals surface area contributed by atoms with Crippen molar-refractivity contribution in [3.8, 4) is 11.5 Å². The van der Waals surface area contributed by atoms with Crippen LogP contribution < -0.4 is 30.0 Å². The highest BCUT2D eigenvalue weighted by atomic mass is 19.1. The van der Waals surface area contributed by atoms with Gasteiger partial charge in [-0.2, -0.15) is 0 Å². The number of rotatable bonds is 7. The van der Waals surface area contributed by atoms with E-state index in [2.05, 4.69) is 5.32 Å². The quantitative estimate of drug-likeness (QED) is 0.429. The SMILES string of the molecule is CC(=O)NCC1CN(c2ccc(OC3CN(c4c(F)cc5c(=O)c(C(=O)O)cn6c5c4OCC6C)C3)c(F)c2)C(=O)O1. The lowest BCUT2D eigenvalue weighted by Gasteiger charge is -2.42. The van der Waals surface area contributed by atoms with Crippen LogP contribution in [0.25, 0.3) is 10.9 Å². The summed E-state index contributed by atoms with van der Waals surface area (Å²) in [6.07, 6.45) is -0.463. The van der Waals surface area contributed by atoms with E-state index in [0.29, 0.717) is 5.52 Å². The van der Waals surface area contributed by atoms with Gasteiger partial charge in [0, 0.05) is 19.2 Å². The number of benzene rings is 2. The van der Waals surface area contributed by atoms with E-state index in [1.165, 1.54) is 30.2 Å². The number of nitrogens with zero attached hydrogens (tertiary/aromatic N) is 3. The first-order valence-electron chi connectivity index (χ1n) is 13.2. The van der Waals surface area contributed by atoms with Crippen LogP contribution in [0.2, 0.25) is 0 Å². The van der Waals surface area contributed by atoms with E-state index in [1.54, 1.807) is 16.4 Å². The molecule has 12 nitrogen and oxygen atoms in total. The molecule has 0 radical (unpaired) electrons. The summed E-state index contributed by atoms with van der Waals surface area (Å²) in [6, 6.07) is 4.80. The molecule has 0 bridgehead atoms. The Morgan fingerprint density at radius 3 is 2.60 bits per heavy atom. The van der Waals surface area contributed by atoms with Crippen molar-refractivity contribution in [1.82, 2.24) is 9.88 Å². The summed E-state index contributed by atoms with van der Waals surface area (Å²) in [7, 11) is 0. The number of carboxylic acids is 1. The summed E-state index contributed by atoms with van der Waals surface area (Å²) in [5, 5.41) is 11.9. The van der Waals surface area contributed by atoms with Gasteiger partial charge in [0.05, 0.1) is 48.8 Å². The molecule has 2 unspecified atom stereocenters. The van der Waals surface area contributed by atoms with E-state index >= 15 is 4.39 Å². The number of anilines is 2. The summed E-state index contributed by atoms with van der Waals surface area (Å²) in [4.78, 5) is 50.7. The van der Waals surface area contributed by atoms with Crippen molar-refractivity contribution in [2.24, 2.45) is 0 Å². The van der Waals surface area contributed by atoms with Gasteiger partial charge in [-0.1, -0.05) is 0 Å². The third-order valence-electron chi connectivity index (χ3n) is 7.51. The Kier molecular flexibility index (Phi) is 6.62. The van der Waals surface area contributed by atoms with Gasteiger partial charge in [0.25, 0.3) is 0 Å². The molecule has 1 aromatic heterocycles. The lowest BCUT2D eigenvalue weighted by Crippen LogP contribution is -2.54. The number of pyridine rings is 1. The van der Waals surface area contributed by atoms with Gasteiger partial charge >= 0.3 is 12.1 Å². The molecular weight excluding hydrogens is 558 g/mol. The van der Waals surface area contributed by atoms with Crippen LogP contribution in [-0.4, -0.2) is 72.6 Å². The van der Waals surface area contributed by atoms with Crippen molar-refractivity contribution < 1.29 is 42.5 Å². The number of cyclic esters (lactones) is 1.